The Kier molecular flexibility index (Phi) is 4.30. The molecule has 0 atom stereocenters. The number of rotatable bonds is 2. The first-order valence-electron chi connectivity index (χ1n) is 13.4. The number of benzene rings is 6. The van der Waals surface area contributed by atoms with Crippen LogP contribution in [0, 0.1) is 0 Å². The van der Waals surface area contributed by atoms with Gasteiger partial charge in [0, 0.05) is 43.9 Å². The predicted octanol–water partition coefficient (Wildman–Crippen LogP) is 10.5. The average molecular weight is 515 g/mol. The molecule has 9 rings (SSSR count). The number of furan rings is 1. The highest BCUT2D eigenvalue weighted by Gasteiger charge is 2.27. The summed E-state index contributed by atoms with van der Waals surface area (Å²) in [4.78, 5) is 5.99. The summed E-state index contributed by atoms with van der Waals surface area (Å²) in [7, 11) is 0. The Morgan fingerprint density at radius 3 is 2.02 bits per heavy atom. The van der Waals surface area contributed by atoms with Gasteiger partial charge in [-0.05, 0) is 48.5 Å². The van der Waals surface area contributed by atoms with Gasteiger partial charge in [-0.3, -0.25) is 0 Å². The fraction of sp³-hybridized carbons (Fsp3) is 0. The van der Waals surface area contributed by atoms with Gasteiger partial charge >= 0.3 is 0 Å². The van der Waals surface area contributed by atoms with Crippen LogP contribution in [-0.4, -0.2) is 4.98 Å². The lowest BCUT2D eigenvalue weighted by molar-refractivity contribution is 0.477. The zero-order chi connectivity index (χ0) is 26.2. The van der Waals surface area contributed by atoms with Gasteiger partial charge in [0.15, 0.2) is 11.5 Å². The molecule has 6 aromatic carbocycles. The molecule has 8 aromatic rings. The lowest BCUT2D eigenvalue weighted by Gasteiger charge is -2.33. The van der Waals surface area contributed by atoms with E-state index in [1.165, 1.54) is 10.8 Å². The summed E-state index contributed by atoms with van der Waals surface area (Å²) >= 11 is 0. The third-order valence-electron chi connectivity index (χ3n) is 7.98. The van der Waals surface area contributed by atoms with Crippen molar-refractivity contribution in [3.63, 3.8) is 0 Å². The van der Waals surface area contributed by atoms with Gasteiger partial charge in [-0.25, -0.2) is 0 Å². The van der Waals surface area contributed by atoms with Crippen LogP contribution in [0.4, 0.5) is 17.1 Å². The minimum Gasteiger partial charge on any atom is -0.455 e. The summed E-state index contributed by atoms with van der Waals surface area (Å²) in [6, 6.07) is 44.2. The fourth-order valence-electron chi connectivity index (χ4n) is 6.22. The quantitative estimate of drug-likeness (QED) is 0.249. The summed E-state index contributed by atoms with van der Waals surface area (Å²) in [6.45, 7) is 0. The Morgan fingerprint density at radius 2 is 1.20 bits per heavy atom. The molecule has 0 spiro atoms. The molecule has 40 heavy (non-hydrogen) atoms. The molecule has 0 bridgehead atoms. The van der Waals surface area contributed by atoms with E-state index in [1.54, 1.807) is 0 Å². The number of nitrogens with zero attached hydrogens (tertiary/aromatic N) is 1. The van der Waals surface area contributed by atoms with E-state index in [1.807, 2.05) is 36.4 Å². The summed E-state index contributed by atoms with van der Waals surface area (Å²) in [6.07, 6.45) is 0. The summed E-state index contributed by atoms with van der Waals surface area (Å²) < 4.78 is 12.9. The van der Waals surface area contributed by atoms with Gasteiger partial charge < -0.3 is 19.0 Å². The molecule has 0 fully saturated rings. The molecule has 4 nitrogen and oxygen atoms in total. The third kappa shape index (κ3) is 2.96. The van der Waals surface area contributed by atoms with Crippen LogP contribution in [0.3, 0.4) is 0 Å². The largest absolute Gasteiger partial charge is 0.455 e. The number of aromatic amines is 1. The number of aromatic nitrogens is 1. The molecular formula is C36H22N2O2. The Hall–Kier alpha value is -5.48. The molecule has 1 N–H and O–H groups in total. The predicted molar refractivity (Wildman–Crippen MR) is 163 cm³/mol. The molecule has 0 unspecified atom stereocenters. The minimum absolute atomic E-state index is 0.831. The SMILES string of the molecule is c1ccc2c(c1)Oc1ccccc1N2c1cc(-c2cccc3c2[nH]c2ccccc23)c2oc3ccccc3c2c1. The van der Waals surface area contributed by atoms with E-state index >= 15 is 0 Å². The molecule has 0 aliphatic carbocycles. The van der Waals surface area contributed by atoms with Crippen molar-refractivity contribution < 1.29 is 9.15 Å². The first kappa shape index (κ1) is 21.5. The molecule has 2 aromatic heterocycles. The van der Waals surface area contributed by atoms with Gasteiger partial charge in [0.25, 0.3) is 0 Å². The maximum Gasteiger partial charge on any atom is 0.151 e. The number of anilines is 3. The number of H-pyrrole nitrogens is 1. The molecule has 3 heterocycles. The minimum atomic E-state index is 0.831. The van der Waals surface area contributed by atoms with E-state index in [-0.39, 0.29) is 0 Å². The third-order valence-corrected chi connectivity index (χ3v) is 7.98. The van der Waals surface area contributed by atoms with Crippen LogP contribution in [0.15, 0.2) is 132 Å². The average Bonchev–Trinajstić information content (AvgIpc) is 3.58. The van der Waals surface area contributed by atoms with E-state index in [0.717, 1.165) is 72.7 Å². The lowest BCUT2D eigenvalue weighted by atomic mass is 9.98. The second kappa shape index (κ2) is 8.01. The van der Waals surface area contributed by atoms with Crippen molar-refractivity contribution in [2.75, 3.05) is 4.90 Å². The van der Waals surface area contributed by atoms with Gasteiger partial charge in [-0.15, -0.1) is 0 Å². The number of ether oxygens (including phenoxy) is 1. The summed E-state index contributed by atoms with van der Waals surface area (Å²) in [5, 5.41) is 4.59. The van der Waals surface area contributed by atoms with Crippen LogP contribution >= 0.6 is 0 Å². The maximum absolute atomic E-state index is 6.59. The first-order valence-corrected chi connectivity index (χ1v) is 13.4. The second-order valence-electron chi connectivity index (χ2n) is 10.2. The maximum atomic E-state index is 6.59. The molecule has 0 saturated carbocycles. The van der Waals surface area contributed by atoms with Crippen molar-refractivity contribution in [2.24, 2.45) is 0 Å². The van der Waals surface area contributed by atoms with E-state index in [2.05, 4.69) is 101 Å². The lowest BCUT2D eigenvalue weighted by Crippen LogP contribution is -2.15. The first-order chi connectivity index (χ1) is 19.8. The van der Waals surface area contributed by atoms with Crippen molar-refractivity contribution >= 4 is 60.8 Å². The van der Waals surface area contributed by atoms with Crippen LogP contribution < -0.4 is 9.64 Å². The Bertz CT molecular complexity index is 2230. The van der Waals surface area contributed by atoms with Gasteiger partial charge in [0.2, 0.25) is 0 Å². The van der Waals surface area contributed by atoms with Gasteiger partial charge in [0.05, 0.1) is 16.9 Å². The zero-order valence-electron chi connectivity index (χ0n) is 21.4. The van der Waals surface area contributed by atoms with Crippen molar-refractivity contribution in [2.45, 2.75) is 0 Å². The molecule has 0 radical (unpaired) electrons. The number of hydrogen-bond acceptors (Lipinski definition) is 3. The van der Waals surface area contributed by atoms with Crippen LogP contribution in [0.2, 0.25) is 0 Å². The van der Waals surface area contributed by atoms with Gasteiger partial charge in [0.1, 0.15) is 11.2 Å². The highest BCUT2D eigenvalue weighted by molar-refractivity contribution is 6.17. The van der Waals surface area contributed by atoms with E-state index < -0.39 is 0 Å². The standard InChI is InChI=1S/C36H22N2O2/c1-3-14-29-23(10-1)25-12-9-13-26(35(25)37-29)28-21-22(20-27-24-11-2-6-17-32(24)40-36(27)28)38-30-15-4-7-18-33(30)39-34-19-8-5-16-31(34)38/h1-21,37H. The van der Waals surface area contributed by atoms with Crippen LogP contribution in [0.5, 0.6) is 11.5 Å². The monoisotopic (exact) mass is 514 g/mol. The van der Waals surface area contributed by atoms with E-state index in [4.69, 9.17) is 9.15 Å². The van der Waals surface area contributed by atoms with Crippen molar-refractivity contribution in [1.82, 2.24) is 4.98 Å². The van der Waals surface area contributed by atoms with Crippen LogP contribution in [0.25, 0.3) is 54.9 Å². The normalized spacial score (nSPS) is 12.7. The molecule has 4 heteroatoms. The molecule has 0 saturated heterocycles. The zero-order valence-corrected chi connectivity index (χ0v) is 21.4. The van der Waals surface area contributed by atoms with Crippen molar-refractivity contribution in [3.8, 4) is 22.6 Å². The number of hydrogen-bond donors (Lipinski definition) is 1. The Labute approximate surface area is 229 Å². The van der Waals surface area contributed by atoms with E-state index in [0.29, 0.717) is 0 Å². The van der Waals surface area contributed by atoms with Crippen LogP contribution in [0.1, 0.15) is 0 Å². The molecule has 0 amide bonds. The smallest absolute Gasteiger partial charge is 0.151 e. The second-order valence-corrected chi connectivity index (χ2v) is 10.2. The summed E-state index contributed by atoms with van der Waals surface area (Å²) in [5.41, 5.74) is 9.19. The molecular weight excluding hydrogens is 492 g/mol. The number of para-hydroxylation sites is 7. The fourth-order valence-corrected chi connectivity index (χ4v) is 6.22. The molecule has 1 aliphatic heterocycles. The molecule has 1 aliphatic rings. The highest BCUT2D eigenvalue weighted by Crippen LogP contribution is 2.52. The Balaban J connectivity index is 1.40. The summed E-state index contributed by atoms with van der Waals surface area (Å²) in [5.74, 6) is 1.66. The van der Waals surface area contributed by atoms with Gasteiger partial charge in [-0.2, -0.15) is 0 Å². The topological polar surface area (TPSA) is 41.4 Å². The van der Waals surface area contributed by atoms with Crippen LogP contribution in [-0.2, 0) is 0 Å². The number of nitrogens with one attached hydrogen (secondary N) is 1. The highest BCUT2D eigenvalue weighted by atomic mass is 16.5. The van der Waals surface area contributed by atoms with E-state index in [9.17, 15) is 0 Å². The molecule has 188 valence electrons. The van der Waals surface area contributed by atoms with Crippen molar-refractivity contribution in [1.29, 1.82) is 0 Å². The van der Waals surface area contributed by atoms with Gasteiger partial charge in [-0.1, -0.05) is 78.9 Å². The number of fused-ring (bicyclic) bond motifs is 8. The van der Waals surface area contributed by atoms with Crippen molar-refractivity contribution in [3.05, 3.63) is 127 Å². The Morgan fingerprint density at radius 1 is 0.525 bits per heavy atom.